The molecule has 2 aliphatic carbocycles. The molecule has 16 nitrogen and oxygen atoms in total. The number of ether oxygens (including phenoxy) is 1. The number of rotatable bonds is 15. The van der Waals surface area contributed by atoms with Gasteiger partial charge in [-0.2, -0.15) is 0 Å². The molecule has 0 bridgehead atoms. The van der Waals surface area contributed by atoms with Gasteiger partial charge in [-0.3, -0.25) is 29.0 Å². The van der Waals surface area contributed by atoms with Gasteiger partial charge in [-0.05, 0) is 43.9 Å². The molecule has 1 aliphatic heterocycles. The number of methoxy groups -OCH3 is 1. The highest BCUT2D eigenvalue weighted by molar-refractivity contribution is 5.97. The Hall–Kier alpha value is -4.34. The van der Waals surface area contributed by atoms with Gasteiger partial charge in [-0.1, -0.05) is 46.5 Å². The minimum absolute atomic E-state index is 0.0277. The quantitative estimate of drug-likeness (QED) is 0.148. The van der Waals surface area contributed by atoms with E-state index in [1.54, 1.807) is 13.8 Å². The zero-order valence-electron chi connectivity index (χ0n) is 29.4. The molecular weight excluding hydrogens is 648 g/mol. The predicted molar refractivity (Wildman–Crippen MR) is 180 cm³/mol. The number of aliphatic hydroxyl groups is 1. The van der Waals surface area contributed by atoms with Crippen molar-refractivity contribution in [1.29, 1.82) is 0 Å². The number of aromatic nitrogens is 2. The fourth-order valence-corrected chi connectivity index (χ4v) is 6.65. The van der Waals surface area contributed by atoms with E-state index in [2.05, 4.69) is 36.6 Å². The Morgan fingerprint density at radius 3 is 2.24 bits per heavy atom. The van der Waals surface area contributed by atoms with E-state index in [4.69, 9.17) is 4.74 Å². The van der Waals surface area contributed by atoms with E-state index in [0.717, 1.165) is 44.9 Å². The maximum atomic E-state index is 13.9. The van der Waals surface area contributed by atoms with Crippen molar-refractivity contribution in [2.24, 2.45) is 17.8 Å². The van der Waals surface area contributed by atoms with Gasteiger partial charge in [0, 0.05) is 31.5 Å². The lowest BCUT2D eigenvalue weighted by molar-refractivity contribution is -0.134. The smallest absolute Gasteiger partial charge is 0.409 e. The van der Waals surface area contributed by atoms with Crippen LogP contribution in [0.3, 0.4) is 0 Å². The van der Waals surface area contributed by atoms with Crippen LogP contribution >= 0.6 is 0 Å². The van der Waals surface area contributed by atoms with Crippen molar-refractivity contribution in [3.05, 3.63) is 24.3 Å². The number of carbonyl (C=O) groups is 6. The minimum atomic E-state index is -1.47. The van der Waals surface area contributed by atoms with E-state index in [-0.39, 0.29) is 36.7 Å². The molecule has 6 N–H and O–H groups in total. The second-order valence-electron chi connectivity index (χ2n) is 13.9. The van der Waals surface area contributed by atoms with Crippen LogP contribution in [0.25, 0.3) is 0 Å². The van der Waals surface area contributed by atoms with E-state index in [9.17, 15) is 33.9 Å². The largest absolute Gasteiger partial charge is 0.453 e. The molecule has 6 atom stereocenters. The van der Waals surface area contributed by atoms with Crippen LogP contribution in [0.5, 0.6) is 0 Å². The number of carbonyl (C=O) groups excluding carboxylic acids is 6. The number of nitrogens with zero attached hydrogens (tertiary/aromatic N) is 3. The lowest BCUT2D eigenvalue weighted by Crippen LogP contribution is -2.60. The van der Waals surface area contributed by atoms with Gasteiger partial charge in [0.05, 0.1) is 31.3 Å². The summed E-state index contributed by atoms with van der Waals surface area (Å²) in [6.07, 6.45) is 8.89. The predicted octanol–water partition coefficient (Wildman–Crippen LogP) is 0.404. The van der Waals surface area contributed by atoms with Gasteiger partial charge in [-0.15, -0.1) is 0 Å². The Labute approximate surface area is 292 Å². The highest BCUT2D eigenvalue weighted by atomic mass is 16.5. The number of likely N-dealkylation sites (tertiary alicyclic amines) is 1. The molecular formula is C34H52N8O8. The molecule has 0 aromatic carbocycles. The van der Waals surface area contributed by atoms with Gasteiger partial charge in [0.2, 0.25) is 17.7 Å². The fraction of sp³-hybridized carbons (Fsp3) is 0.706. The van der Waals surface area contributed by atoms with Crippen LogP contribution in [0.15, 0.2) is 18.6 Å². The van der Waals surface area contributed by atoms with Crippen molar-refractivity contribution >= 4 is 35.6 Å². The van der Waals surface area contributed by atoms with Crippen molar-refractivity contribution in [2.75, 3.05) is 20.2 Å². The Morgan fingerprint density at radius 1 is 0.920 bits per heavy atom. The van der Waals surface area contributed by atoms with E-state index < -0.39 is 71.8 Å². The first-order valence-corrected chi connectivity index (χ1v) is 17.7. The third-order valence-corrected chi connectivity index (χ3v) is 9.65. The normalized spacial score (nSPS) is 21.7. The monoisotopic (exact) mass is 700 g/mol. The van der Waals surface area contributed by atoms with Crippen molar-refractivity contribution in [1.82, 2.24) is 41.5 Å². The maximum absolute atomic E-state index is 13.9. The van der Waals surface area contributed by atoms with Crippen LogP contribution in [0, 0.1) is 17.8 Å². The molecule has 1 unspecified atom stereocenters. The molecule has 3 aliphatic rings. The molecule has 4 rings (SSSR count). The van der Waals surface area contributed by atoms with Crippen molar-refractivity contribution in [3.8, 4) is 0 Å². The molecule has 0 spiro atoms. The summed E-state index contributed by atoms with van der Waals surface area (Å²) in [5.41, 5.74) is 0.0669. The number of hydrogen-bond acceptors (Lipinski definition) is 10. The summed E-state index contributed by atoms with van der Waals surface area (Å²) in [7, 11) is 1.21. The van der Waals surface area contributed by atoms with Crippen LogP contribution in [0.1, 0.15) is 89.0 Å². The fourth-order valence-electron chi connectivity index (χ4n) is 6.65. The van der Waals surface area contributed by atoms with Crippen LogP contribution in [-0.2, 0) is 23.9 Å². The van der Waals surface area contributed by atoms with Gasteiger partial charge in [0.1, 0.15) is 17.8 Å². The summed E-state index contributed by atoms with van der Waals surface area (Å²) in [4.78, 5) is 88.9. The van der Waals surface area contributed by atoms with E-state index in [1.165, 1.54) is 30.6 Å². The zero-order valence-corrected chi connectivity index (χ0v) is 29.4. The van der Waals surface area contributed by atoms with E-state index in [1.807, 2.05) is 6.92 Å². The zero-order chi connectivity index (χ0) is 36.4. The standard InChI is InChI=1S/C34H52N8O8/c1-5-9-23(28(43)33(48)37-21-12-13-21)38-29(44)22-17-42(34(49)50-4)18-25(22)39-31(46)26(19(2)3)40-32(47)27(20-10-7-6-8-11-20)41-30(45)24-16-35-14-15-36-24/h14-16,19-23,25-28,43H,5-13,17-18H2,1-4H3,(H,37,48)(H,38,44)(H,39,46)(H,40,47)(H,41,45)/t22-,23+,25+,26+,27+,28?/m1/s1. The lowest BCUT2D eigenvalue weighted by Gasteiger charge is -2.32. The van der Waals surface area contributed by atoms with Crippen LogP contribution in [0.2, 0.25) is 0 Å². The number of aliphatic hydroxyl groups excluding tert-OH is 1. The van der Waals surface area contributed by atoms with Gasteiger partial charge in [0.25, 0.3) is 11.8 Å². The summed E-state index contributed by atoms with van der Waals surface area (Å²) >= 11 is 0. The highest BCUT2D eigenvalue weighted by Gasteiger charge is 2.44. The first-order valence-electron chi connectivity index (χ1n) is 17.7. The SMILES string of the molecule is CCC[C@H](NC(=O)[C@@H]1CN(C(=O)OC)C[C@@H]1NC(=O)[C@@H](NC(=O)[C@@H](NC(=O)c1cnccn1)C1CCCCC1)C(C)C)C(O)C(=O)NC1CC1. The average Bonchev–Trinajstić information content (AvgIpc) is 3.84. The third kappa shape index (κ3) is 10.3. The molecule has 1 saturated heterocycles. The Bertz CT molecular complexity index is 1350. The van der Waals surface area contributed by atoms with Gasteiger partial charge in [0.15, 0.2) is 6.10 Å². The molecule has 1 aromatic heterocycles. The Morgan fingerprint density at radius 2 is 1.64 bits per heavy atom. The van der Waals surface area contributed by atoms with E-state index >= 15 is 0 Å². The molecule has 1 aromatic rings. The first-order chi connectivity index (χ1) is 23.9. The van der Waals surface area contributed by atoms with Gasteiger partial charge >= 0.3 is 6.09 Å². The summed E-state index contributed by atoms with van der Waals surface area (Å²) in [5.74, 6) is -4.22. The maximum Gasteiger partial charge on any atom is 0.409 e. The Kier molecular flexibility index (Phi) is 13.9. The molecule has 0 radical (unpaired) electrons. The molecule has 2 saturated carbocycles. The summed E-state index contributed by atoms with van der Waals surface area (Å²) in [6, 6.07) is -3.69. The number of amides is 6. The summed E-state index contributed by atoms with van der Waals surface area (Å²) in [6.45, 7) is 5.27. The van der Waals surface area contributed by atoms with Crippen LogP contribution < -0.4 is 26.6 Å². The van der Waals surface area contributed by atoms with Crippen LogP contribution in [0.4, 0.5) is 4.79 Å². The summed E-state index contributed by atoms with van der Waals surface area (Å²) < 4.78 is 4.88. The van der Waals surface area contributed by atoms with Gasteiger partial charge < -0.3 is 41.3 Å². The van der Waals surface area contributed by atoms with Crippen molar-refractivity contribution in [2.45, 2.75) is 115 Å². The first kappa shape index (κ1) is 38.5. The van der Waals surface area contributed by atoms with Crippen molar-refractivity contribution < 1.29 is 38.6 Å². The molecule has 276 valence electrons. The topological polar surface area (TPSA) is 221 Å². The molecule has 3 fully saturated rings. The van der Waals surface area contributed by atoms with E-state index in [0.29, 0.717) is 12.8 Å². The van der Waals surface area contributed by atoms with Crippen molar-refractivity contribution in [3.63, 3.8) is 0 Å². The second-order valence-corrected chi connectivity index (χ2v) is 13.9. The number of nitrogens with one attached hydrogen (secondary N) is 5. The molecule has 16 heteroatoms. The Balaban J connectivity index is 1.48. The number of hydrogen-bond donors (Lipinski definition) is 6. The minimum Gasteiger partial charge on any atom is -0.453 e. The molecule has 6 amide bonds. The van der Waals surface area contributed by atoms with Gasteiger partial charge in [-0.25, -0.2) is 9.78 Å². The highest BCUT2D eigenvalue weighted by Crippen LogP contribution is 2.27. The second kappa shape index (κ2) is 18.1. The van der Waals surface area contributed by atoms with Crippen LogP contribution in [-0.4, -0.2) is 112 Å². The lowest BCUT2D eigenvalue weighted by atomic mass is 9.83. The average molecular weight is 701 g/mol. The summed E-state index contributed by atoms with van der Waals surface area (Å²) in [5, 5.41) is 24.9. The molecule has 50 heavy (non-hydrogen) atoms. The molecule has 2 heterocycles. The third-order valence-electron chi connectivity index (χ3n) is 9.65.